The van der Waals surface area contributed by atoms with Crippen LogP contribution in [0.4, 0.5) is 14.9 Å². The summed E-state index contributed by atoms with van der Waals surface area (Å²) in [7, 11) is 1.48. The lowest BCUT2D eigenvalue weighted by Crippen LogP contribution is -2.46. The number of carboxylic acid groups (broad SMARTS) is 1. The van der Waals surface area contributed by atoms with Crippen molar-refractivity contribution in [3.8, 4) is 0 Å². The van der Waals surface area contributed by atoms with E-state index in [0.717, 1.165) is 0 Å². The van der Waals surface area contributed by atoms with Gasteiger partial charge in [-0.3, -0.25) is 4.79 Å². The van der Waals surface area contributed by atoms with Crippen molar-refractivity contribution in [2.75, 3.05) is 25.6 Å². The molecule has 1 fully saturated rings. The fourth-order valence-corrected chi connectivity index (χ4v) is 2.45. The van der Waals surface area contributed by atoms with E-state index in [9.17, 15) is 14.0 Å². The van der Waals surface area contributed by atoms with Crippen LogP contribution in [0.25, 0.3) is 0 Å². The Morgan fingerprint density at radius 3 is 2.86 bits per heavy atom. The number of anilines is 1. The Morgan fingerprint density at radius 2 is 2.19 bits per heavy atom. The van der Waals surface area contributed by atoms with Crippen molar-refractivity contribution in [2.24, 2.45) is 5.92 Å². The number of halogens is 2. The number of nitrogens with zero attached hydrogens (tertiary/aromatic N) is 1. The third-order valence-electron chi connectivity index (χ3n) is 3.36. The average Bonchev–Trinajstić information content (AvgIpc) is 2.91. The van der Waals surface area contributed by atoms with Crippen molar-refractivity contribution in [1.82, 2.24) is 4.90 Å². The highest BCUT2D eigenvalue weighted by molar-refractivity contribution is 9.10. The van der Waals surface area contributed by atoms with Crippen LogP contribution in [-0.4, -0.2) is 48.3 Å². The number of benzene rings is 1. The van der Waals surface area contributed by atoms with Crippen LogP contribution in [0.3, 0.4) is 0 Å². The quantitative estimate of drug-likeness (QED) is 0.865. The Labute approximate surface area is 129 Å². The summed E-state index contributed by atoms with van der Waals surface area (Å²) >= 11 is 3.21. The van der Waals surface area contributed by atoms with Crippen LogP contribution >= 0.6 is 15.9 Å². The lowest BCUT2D eigenvalue weighted by molar-refractivity contribution is -0.142. The van der Waals surface area contributed by atoms with Gasteiger partial charge in [0.2, 0.25) is 0 Å². The first-order chi connectivity index (χ1) is 9.90. The van der Waals surface area contributed by atoms with Gasteiger partial charge in [0.15, 0.2) is 0 Å². The number of carbonyl (C=O) groups excluding carboxylic acids is 1. The summed E-state index contributed by atoms with van der Waals surface area (Å²) in [6.07, 6.45) is 0. The Balaban J connectivity index is 2.09. The molecule has 114 valence electrons. The third-order valence-corrected chi connectivity index (χ3v) is 4.05. The largest absolute Gasteiger partial charge is 0.481 e. The number of hydrogen-bond donors (Lipinski definition) is 2. The van der Waals surface area contributed by atoms with Gasteiger partial charge in [-0.1, -0.05) is 0 Å². The molecule has 1 aromatic rings. The number of aliphatic carboxylic acids is 1. The smallest absolute Gasteiger partial charge is 0.321 e. The summed E-state index contributed by atoms with van der Waals surface area (Å²) < 4.78 is 18.8. The number of carbonyl (C=O) groups is 2. The van der Waals surface area contributed by atoms with E-state index >= 15 is 0 Å². The highest BCUT2D eigenvalue weighted by atomic mass is 79.9. The van der Waals surface area contributed by atoms with E-state index in [2.05, 4.69) is 21.2 Å². The predicted molar refractivity (Wildman–Crippen MR) is 76.6 cm³/mol. The van der Waals surface area contributed by atoms with Gasteiger partial charge in [0.25, 0.3) is 0 Å². The van der Waals surface area contributed by atoms with E-state index in [4.69, 9.17) is 9.84 Å². The van der Waals surface area contributed by atoms with Gasteiger partial charge in [0.1, 0.15) is 11.7 Å². The molecule has 8 heteroatoms. The monoisotopic (exact) mass is 360 g/mol. The molecule has 1 aromatic carbocycles. The summed E-state index contributed by atoms with van der Waals surface area (Å²) in [5.41, 5.74) is 0.276. The number of amides is 2. The first kappa shape index (κ1) is 15.7. The molecule has 1 aliphatic rings. The summed E-state index contributed by atoms with van der Waals surface area (Å²) in [6.45, 7) is 0.229. The first-order valence-electron chi connectivity index (χ1n) is 6.19. The molecule has 2 rings (SSSR count). The number of carboxylic acids is 1. The Morgan fingerprint density at radius 1 is 1.48 bits per heavy atom. The lowest BCUT2D eigenvalue weighted by atomic mass is 10.0. The molecule has 0 saturated carbocycles. The highest BCUT2D eigenvalue weighted by Gasteiger charge is 2.38. The second kappa shape index (κ2) is 6.40. The molecule has 0 bridgehead atoms. The van der Waals surface area contributed by atoms with Gasteiger partial charge < -0.3 is 20.1 Å². The van der Waals surface area contributed by atoms with Gasteiger partial charge in [0, 0.05) is 11.5 Å². The highest BCUT2D eigenvalue weighted by Crippen LogP contribution is 2.25. The molecule has 0 spiro atoms. The second-order valence-corrected chi connectivity index (χ2v) is 5.57. The topological polar surface area (TPSA) is 78.9 Å². The fraction of sp³-hybridized carbons (Fsp3) is 0.385. The molecular weight excluding hydrogens is 347 g/mol. The van der Waals surface area contributed by atoms with Crippen LogP contribution in [-0.2, 0) is 9.53 Å². The van der Waals surface area contributed by atoms with Crippen molar-refractivity contribution >= 4 is 33.6 Å². The van der Waals surface area contributed by atoms with Crippen LogP contribution < -0.4 is 5.32 Å². The molecule has 1 aliphatic heterocycles. The molecule has 0 aromatic heterocycles. The van der Waals surface area contributed by atoms with E-state index in [1.54, 1.807) is 0 Å². The van der Waals surface area contributed by atoms with Crippen LogP contribution in [0.2, 0.25) is 0 Å². The number of hydrogen-bond acceptors (Lipinski definition) is 3. The first-order valence-corrected chi connectivity index (χ1v) is 6.99. The van der Waals surface area contributed by atoms with Crippen LogP contribution in [0.15, 0.2) is 22.7 Å². The summed E-state index contributed by atoms with van der Waals surface area (Å²) in [4.78, 5) is 24.5. The Hall–Kier alpha value is -1.67. The summed E-state index contributed by atoms with van der Waals surface area (Å²) in [5, 5.41) is 11.6. The number of ether oxygens (including phenoxy) is 1. The minimum absolute atomic E-state index is 0.0707. The molecule has 2 amide bonds. The zero-order chi connectivity index (χ0) is 15.6. The lowest BCUT2D eigenvalue weighted by Gasteiger charge is -2.26. The molecular formula is C13H14BrFN2O4. The SMILES string of the molecule is CN(C(=O)Nc1cc(F)ccc1Br)C1COCC1C(=O)O. The van der Waals surface area contributed by atoms with Crippen molar-refractivity contribution in [3.63, 3.8) is 0 Å². The van der Waals surface area contributed by atoms with Gasteiger partial charge in [0.05, 0.1) is 24.9 Å². The molecule has 2 unspecified atom stereocenters. The van der Waals surface area contributed by atoms with Gasteiger partial charge in [-0.15, -0.1) is 0 Å². The second-order valence-electron chi connectivity index (χ2n) is 4.71. The van der Waals surface area contributed by atoms with Crippen molar-refractivity contribution in [2.45, 2.75) is 6.04 Å². The number of urea groups is 1. The van der Waals surface area contributed by atoms with Crippen LogP contribution in [0, 0.1) is 11.7 Å². The van der Waals surface area contributed by atoms with Crippen LogP contribution in [0.5, 0.6) is 0 Å². The molecule has 2 N–H and O–H groups in total. The van der Waals surface area contributed by atoms with Gasteiger partial charge in [-0.05, 0) is 34.1 Å². The molecule has 1 saturated heterocycles. The standard InChI is InChI=1S/C13H14BrFN2O4/c1-17(11-6-21-5-8(11)12(18)19)13(20)16-10-4-7(15)2-3-9(10)14/h2-4,8,11H,5-6H2,1H3,(H,16,20)(H,18,19). The molecule has 2 atom stereocenters. The molecule has 1 heterocycles. The summed E-state index contributed by atoms with van der Waals surface area (Å²) in [5.74, 6) is -2.26. The van der Waals surface area contributed by atoms with Gasteiger partial charge >= 0.3 is 12.0 Å². The molecule has 0 radical (unpaired) electrons. The molecule has 21 heavy (non-hydrogen) atoms. The molecule has 0 aliphatic carbocycles. The maximum Gasteiger partial charge on any atom is 0.321 e. The summed E-state index contributed by atoms with van der Waals surface area (Å²) in [6, 6.07) is 2.83. The average molecular weight is 361 g/mol. The van der Waals surface area contributed by atoms with Crippen molar-refractivity contribution < 1.29 is 23.8 Å². The van der Waals surface area contributed by atoms with Crippen molar-refractivity contribution in [3.05, 3.63) is 28.5 Å². The zero-order valence-electron chi connectivity index (χ0n) is 11.2. The van der Waals surface area contributed by atoms with E-state index in [1.807, 2.05) is 0 Å². The number of likely N-dealkylation sites (N-methyl/N-ethyl adjacent to an activating group) is 1. The Kier molecular flexibility index (Phi) is 4.79. The predicted octanol–water partition coefficient (Wildman–Crippen LogP) is 2.15. The van der Waals surface area contributed by atoms with E-state index in [0.29, 0.717) is 4.47 Å². The Bertz CT molecular complexity index is 569. The normalized spacial score (nSPS) is 21.1. The minimum Gasteiger partial charge on any atom is -0.481 e. The van der Waals surface area contributed by atoms with E-state index in [-0.39, 0.29) is 18.9 Å². The van der Waals surface area contributed by atoms with Crippen molar-refractivity contribution in [1.29, 1.82) is 0 Å². The maximum atomic E-state index is 13.2. The van der Waals surface area contributed by atoms with Gasteiger partial charge in [-0.25, -0.2) is 9.18 Å². The minimum atomic E-state index is -1.01. The number of rotatable bonds is 3. The zero-order valence-corrected chi connectivity index (χ0v) is 12.8. The third kappa shape index (κ3) is 3.51. The van der Waals surface area contributed by atoms with Gasteiger partial charge in [-0.2, -0.15) is 0 Å². The maximum absolute atomic E-state index is 13.2. The van der Waals surface area contributed by atoms with E-state index in [1.165, 1.54) is 30.1 Å². The van der Waals surface area contributed by atoms with E-state index < -0.39 is 29.8 Å². The number of nitrogens with one attached hydrogen (secondary N) is 1. The molecule has 6 nitrogen and oxygen atoms in total. The van der Waals surface area contributed by atoms with Crippen LogP contribution in [0.1, 0.15) is 0 Å². The fourth-order valence-electron chi connectivity index (χ4n) is 2.11.